The molecular weight excluding hydrogens is 148 g/mol. The summed E-state index contributed by atoms with van der Waals surface area (Å²) in [4.78, 5) is 0. The SMILES string of the molecule is CC(C)(C)NCCCN.Cl. The predicted octanol–water partition coefficient (Wildman–Crippen LogP) is 1.15. The highest BCUT2D eigenvalue weighted by atomic mass is 35.5. The topological polar surface area (TPSA) is 38.0 Å². The molecule has 3 N–H and O–H groups in total. The zero-order valence-electron chi connectivity index (χ0n) is 7.11. The van der Waals surface area contributed by atoms with Crippen molar-refractivity contribution in [2.45, 2.75) is 32.7 Å². The predicted molar refractivity (Wildman–Crippen MR) is 48.7 cm³/mol. The van der Waals surface area contributed by atoms with Crippen LogP contribution in [-0.2, 0) is 0 Å². The fourth-order valence-electron chi connectivity index (χ4n) is 0.565. The van der Waals surface area contributed by atoms with Gasteiger partial charge in [0.25, 0.3) is 0 Å². The Morgan fingerprint density at radius 2 is 1.80 bits per heavy atom. The Kier molecular flexibility index (Phi) is 7.65. The van der Waals surface area contributed by atoms with Crippen LogP contribution < -0.4 is 11.1 Å². The average Bonchev–Trinajstić information content (AvgIpc) is 1.63. The van der Waals surface area contributed by atoms with E-state index in [9.17, 15) is 0 Å². The van der Waals surface area contributed by atoms with E-state index in [4.69, 9.17) is 5.73 Å². The first-order valence-corrected chi connectivity index (χ1v) is 3.51. The summed E-state index contributed by atoms with van der Waals surface area (Å²) in [7, 11) is 0. The van der Waals surface area contributed by atoms with E-state index in [1.54, 1.807) is 0 Å². The molecule has 0 aromatic carbocycles. The third-order valence-electron chi connectivity index (χ3n) is 1.04. The third kappa shape index (κ3) is 11.1. The van der Waals surface area contributed by atoms with E-state index in [0.717, 1.165) is 19.5 Å². The summed E-state index contributed by atoms with van der Waals surface area (Å²) < 4.78 is 0. The van der Waals surface area contributed by atoms with E-state index >= 15 is 0 Å². The van der Waals surface area contributed by atoms with Crippen LogP contribution in [0.4, 0.5) is 0 Å². The van der Waals surface area contributed by atoms with Gasteiger partial charge in [-0.3, -0.25) is 0 Å². The van der Waals surface area contributed by atoms with Crippen molar-refractivity contribution in [3.05, 3.63) is 0 Å². The highest BCUT2D eigenvalue weighted by Gasteiger charge is 2.05. The second kappa shape index (κ2) is 5.96. The van der Waals surface area contributed by atoms with Crippen LogP contribution in [0.1, 0.15) is 27.2 Å². The summed E-state index contributed by atoms with van der Waals surface area (Å²) in [5.41, 5.74) is 5.56. The zero-order chi connectivity index (χ0) is 7.33. The first kappa shape index (κ1) is 12.8. The number of hydrogen-bond donors (Lipinski definition) is 2. The molecule has 0 saturated heterocycles. The van der Waals surface area contributed by atoms with Gasteiger partial charge in [-0.1, -0.05) is 0 Å². The highest BCUT2D eigenvalue weighted by molar-refractivity contribution is 5.85. The van der Waals surface area contributed by atoms with E-state index in [2.05, 4.69) is 26.1 Å². The van der Waals surface area contributed by atoms with Crippen molar-refractivity contribution in [2.75, 3.05) is 13.1 Å². The normalized spacial score (nSPS) is 10.8. The summed E-state index contributed by atoms with van der Waals surface area (Å²) >= 11 is 0. The molecule has 3 heteroatoms. The van der Waals surface area contributed by atoms with Gasteiger partial charge in [0, 0.05) is 5.54 Å². The number of rotatable bonds is 3. The molecule has 0 aliphatic rings. The Morgan fingerprint density at radius 3 is 2.10 bits per heavy atom. The van der Waals surface area contributed by atoms with Gasteiger partial charge in [0.1, 0.15) is 0 Å². The molecule has 0 saturated carbocycles. The van der Waals surface area contributed by atoms with Crippen LogP contribution in [0.25, 0.3) is 0 Å². The fourth-order valence-corrected chi connectivity index (χ4v) is 0.565. The van der Waals surface area contributed by atoms with Crippen LogP contribution >= 0.6 is 12.4 Å². The van der Waals surface area contributed by atoms with E-state index in [0.29, 0.717) is 0 Å². The lowest BCUT2D eigenvalue weighted by molar-refractivity contribution is 0.424. The van der Waals surface area contributed by atoms with E-state index in [1.165, 1.54) is 0 Å². The molecule has 0 aliphatic heterocycles. The molecule has 0 spiro atoms. The van der Waals surface area contributed by atoms with E-state index < -0.39 is 0 Å². The molecule has 0 bridgehead atoms. The number of nitrogens with one attached hydrogen (secondary N) is 1. The van der Waals surface area contributed by atoms with Crippen molar-refractivity contribution < 1.29 is 0 Å². The van der Waals surface area contributed by atoms with Gasteiger partial charge < -0.3 is 11.1 Å². The van der Waals surface area contributed by atoms with Gasteiger partial charge in [-0.2, -0.15) is 0 Å². The standard InChI is InChI=1S/C7H18N2.ClH/c1-7(2,3)9-6-4-5-8;/h9H,4-6,8H2,1-3H3;1H. The molecule has 0 fully saturated rings. The lowest BCUT2D eigenvalue weighted by atomic mass is 10.1. The summed E-state index contributed by atoms with van der Waals surface area (Å²) in [6.45, 7) is 8.28. The Morgan fingerprint density at radius 1 is 1.30 bits per heavy atom. The molecule has 0 heterocycles. The van der Waals surface area contributed by atoms with E-state index in [-0.39, 0.29) is 17.9 Å². The Hall–Kier alpha value is 0.210. The summed E-state index contributed by atoms with van der Waals surface area (Å²) in [6, 6.07) is 0. The van der Waals surface area contributed by atoms with Crippen molar-refractivity contribution in [2.24, 2.45) is 5.73 Å². The number of nitrogens with two attached hydrogens (primary N) is 1. The van der Waals surface area contributed by atoms with Crippen LogP contribution in [0.5, 0.6) is 0 Å². The first-order chi connectivity index (χ1) is 4.06. The van der Waals surface area contributed by atoms with Crippen LogP contribution in [0.3, 0.4) is 0 Å². The number of halogens is 1. The maximum atomic E-state index is 5.32. The molecule has 0 aromatic heterocycles. The van der Waals surface area contributed by atoms with Crippen LogP contribution in [0.15, 0.2) is 0 Å². The van der Waals surface area contributed by atoms with Crippen LogP contribution in [0, 0.1) is 0 Å². The molecule has 2 nitrogen and oxygen atoms in total. The minimum Gasteiger partial charge on any atom is -0.330 e. The number of hydrogen-bond acceptors (Lipinski definition) is 2. The smallest absolute Gasteiger partial charge is 0.00965 e. The van der Waals surface area contributed by atoms with Gasteiger partial charge in [0.2, 0.25) is 0 Å². The lowest BCUT2D eigenvalue weighted by Gasteiger charge is -2.19. The van der Waals surface area contributed by atoms with Crippen molar-refractivity contribution in [1.29, 1.82) is 0 Å². The quantitative estimate of drug-likeness (QED) is 0.618. The van der Waals surface area contributed by atoms with Crippen LogP contribution in [0.2, 0.25) is 0 Å². The molecule has 64 valence electrons. The van der Waals surface area contributed by atoms with Crippen molar-refractivity contribution in [1.82, 2.24) is 5.32 Å². The van der Waals surface area contributed by atoms with Gasteiger partial charge in [-0.05, 0) is 40.3 Å². The van der Waals surface area contributed by atoms with Crippen molar-refractivity contribution >= 4 is 12.4 Å². The van der Waals surface area contributed by atoms with Gasteiger partial charge in [-0.15, -0.1) is 12.4 Å². The Balaban J connectivity index is 0. The maximum Gasteiger partial charge on any atom is 0.00965 e. The Labute approximate surface area is 70.0 Å². The Bertz CT molecular complexity index is 68.5. The molecule has 10 heavy (non-hydrogen) atoms. The molecule has 0 aromatic rings. The lowest BCUT2D eigenvalue weighted by Crippen LogP contribution is -2.36. The summed E-state index contributed by atoms with van der Waals surface area (Å²) in [5, 5.41) is 3.34. The minimum atomic E-state index is 0. The second-order valence-electron chi connectivity index (χ2n) is 3.32. The van der Waals surface area contributed by atoms with E-state index in [1.807, 2.05) is 0 Å². The highest BCUT2D eigenvalue weighted by Crippen LogP contribution is 1.96. The zero-order valence-corrected chi connectivity index (χ0v) is 7.92. The second-order valence-corrected chi connectivity index (χ2v) is 3.32. The molecule has 0 atom stereocenters. The monoisotopic (exact) mass is 166 g/mol. The van der Waals surface area contributed by atoms with Crippen LogP contribution in [-0.4, -0.2) is 18.6 Å². The van der Waals surface area contributed by atoms with Gasteiger partial charge >= 0.3 is 0 Å². The van der Waals surface area contributed by atoms with Gasteiger partial charge in [0.15, 0.2) is 0 Å². The van der Waals surface area contributed by atoms with Crippen molar-refractivity contribution in [3.8, 4) is 0 Å². The minimum absolute atomic E-state index is 0. The third-order valence-corrected chi connectivity index (χ3v) is 1.04. The average molecular weight is 167 g/mol. The van der Waals surface area contributed by atoms with Gasteiger partial charge in [0.05, 0.1) is 0 Å². The van der Waals surface area contributed by atoms with Crippen molar-refractivity contribution in [3.63, 3.8) is 0 Å². The molecule has 0 aliphatic carbocycles. The maximum absolute atomic E-state index is 5.32. The molecule has 0 radical (unpaired) electrons. The molecule has 0 rings (SSSR count). The molecule has 0 unspecified atom stereocenters. The molecule has 0 amide bonds. The fraction of sp³-hybridized carbons (Fsp3) is 1.00. The summed E-state index contributed by atoms with van der Waals surface area (Å²) in [5.74, 6) is 0. The largest absolute Gasteiger partial charge is 0.330 e. The molecular formula is C7H19ClN2. The summed E-state index contributed by atoms with van der Waals surface area (Å²) in [6.07, 6.45) is 1.07. The first-order valence-electron chi connectivity index (χ1n) is 3.51. The van der Waals surface area contributed by atoms with Gasteiger partial charge in [-0.25, -0.2) is 0 Å².